The van der Waals surface area contributed by atoms with E-state index in [1.807, 2.05) is 0 Å². The van der Waals surface area contributed by atoms with Gasteiger partial charge in [0, 0.05) is 5.56 Å². The second kappa shape index (κ2) is 7.76. The van der Waals surface area contributed by atoms with Crippen molar-refractivity contribution in [2.24, 2.45) is 0 Å². The lowest BCUT2D eigenvalue weighted by Crippen LogP contribution is -2.34. The van der Waals surface area contributed by atoms with Crippen molar-refractivity contribution in [2.75, 3.05) is 12.4 Å². The third-order valence-corrected chi connectivity index (χ3v) is 3.55. The smallest absolute Gasteiger partial charge is 0.337 e. The van der Waals surface area contributed by atoms with Crippen LogP contribution in [0.15, 0.2) is 42.5 Å². The van der Waals surface area contributed by atoms with Gasteiger partial charge in [-0.2, -0.15) is 0 Å². The zero-order chi connectivity index (χ0) is 17.7. The summed E-state index contributed by atoms with van der Waals surface area (Å²) in [6.45, 7) is 0. The van der Waals surface area contributed by atoms with Crippen molar-refractivity contribution in [3.8, 4) is 5.75 Å². The number of hydrogen-bond donors (Lipinski definition) is 3. The number of ether oxygens (including phenoxy) is 1. The number of methoxy groups -OCH3 is 1. The Morgan fingerprint density at radius 2 is 1.92 bits per heavy atom. The van der Waals surface area contributed by atoms with Gasteiger partial charge in [0.1, 0.15) is 5.75 Å². The number of carbonyl (C=O) groups excluding carboxylic acids is 1. The Balaban J connectivity index is 2.09. The Morgan fingerprint density at radius 1 is 1.21 bits per heavy atom. The average Bonchev–Trinajstić information content (AvgIpc) is 2.54. The molecule has 2 rings (SSSR count). The minimum absolute atomic E-state index is 0.0272. The number of hydrogen-bond acceptors (Lipinski definition) is 4. The molecule has 2 aromatic rings. The van der Waals surface area contributed by atoms with Gasteiger partial charge < -0.3 is 15.2 Å². The average molecular weight is 365 g/mol. The normalized spacial score (nSPS) is 9.92. The number of para-hydroxylation sites is 1. The summed E-state index contributed by atoms with van der Waals surface area (Å²) in [5.74, 6) is -1.14. The van der Waals surface area contributed by atoms with E-state index in [0.717, 1.165) is 0 Å². The van der Waals surface area contributed by atoms with Gasteiger partial charge in [-0.1, -0.05) is 23.7 Å². The summed E-state index contributed by atoms with van der Waals surface area (Å²) < 4.78 is 5.02. The molecule has 0 spiro atoms. The first kappa shape index (κ1) is 17.7. The van der Waals surface area contributed by atoms with Crippen molar-refractivity contribution in [3.63, 3.8) is 0 Å². The molecule has 0 atom stereocenters. The van der Waals surface area contributed by atoms with Crippen LogP contribution in [0.5, 0.6) is 5.75 Å². The van der Waals surface area contributed by atoms with Gasteiger partial charge in [0.15, 0.2) is 5.11 Å². The Labute approximate surface area is 148 Å². The maximum Gasteiger partial charge on any atom is 0.337 e. The van der Waals surface area contributed by atoms with Crippen LogP contribution in [0, 0.1) is 0 Å². The molecule has 0 aliphatic rings. The monoisotopic (exact) mass is 364 g/mol. The van der Waals surface area contributed by atoms with E-state index in [0.29, 0.717) is 10.8 Å². The van der Waals surface area contributed by atoms with Gasteiger partial charge in [0.2, 0.25) is 0 Å². The van der Waals surface area contributed by atoms with Crippen LogP contribution in [0.3, 0.4) is 0 Å². The van der Waals surface area contributed by atoms with Gasteiger partial charge in [-0.25, -0.2) is 4.79 Å². The number of aromatic carboxylic acids is 1. The molecular formula is C16H13ClN2O4S. The highest BCUT2D eigenvalue weighted by Crippen LogP contribution is 2.24. The van der Waals surface area contributed by atoms with Crippen LogP contribution in [0.1, 0.15) is 20.7 Å². The van der Waals surface area contributed by atoms with Crippen molar-refractivity contribution in [2.45, 2.75) is 0 Å². The minimum atomic E-state index is -1.10. The third-order valence-electron chi connectivity index (χ3n) is 3.05. The van der Waals surface area contributed by atoms with E-state index < -0.39 is 11.9 Å². The predicted molar refractivity (Wildman–Crippen MR) is 95.1 cm³/mol. The molecular weight excluding hydrogens is 352 g/mol. The summed E-state index contributed by atoms with van der Waals surface area (Å²) in [6.07, 6.45) is 0. The largest absolute Gasteiger partial charge is 0.495 e. The fraction of sp³-hybridized carbons (Fsp3) is 0.0625. The van der Waals surface area contributed by atoms with Crippen LogP contribution in [-0.4, -0.2) is 29.2 Å². The second-order valence-corrected chi connectivity index (χ2v) is 5.42. The van der Waals surface area contributed by atoms with Crippen molar-refractivity contribution < 1.29 is 19.4 Å². The molecule has 0 saturated heterocycles. The Hall–Kier alpha value is -2.64. The van der Waals surface area contributed by atoms with E-state index in [1.54, 1.807) is 24.3 Å². The Morgan fingerprint density at radius 3 is 2.54 bits per heavy atom. The fourth-order valence-electron chi connectivity index (χ4n) is 1.92. The number of amides is 1. The number of carboxylic acids is 1. The minimum Gasteiger partial charge on any atom is -0.495 e. The van der Waals surface area contributed by atoms with Crippen LogP contribution < -0.4 is 15.4 Å². The van der Waals surface area contributed by atoms with Gasteiger partial charge in [-0.15, -0.1) is 0 Å². The highest BCUT2D eigenvalue weighted by Gasteiger charge is 2.13. The molecule has 0 bridgehead atoms. The zero-order valence-corrected chi connectivity index (χ0v) is 14.1. The van der Waals surface area contributed by atoms with Crippen LogP contribution in [0.2, 0.25) is 5.02 Å². The second-order valence-electron chi connectivity index (χ2n) is 4.61. The Bertz CT molecular complexity index is 810. The van der Waals surface area contributed by atoms with Crippen LogP contribution in [0.25, 0.3) is 0 Å². The van der Waals surface area contributed by atoms with E-state index in [-0.39, 0.29) is 21.9 Å². The van der Waals surface area contributed by atoms with Crippen molar-refractivity contribution in [1.82, 2.24) is 5.32 Å². The quantitative estimate of drug-likeness (QED) is 0.722. The number of nitrogens with one attached hydrogen (secondary N) is 2. The summed E-state index contributed by atoms with van der Waals surface area (Å²) >= 11 is 11.0. The molecule has 0 saturated carbocycles. The highest BCUT2D eigenvalue weighted by molar-refractivity contribution is 7.80. The van der Waals surface area contributed by atoms with Crippen LogP contribution in [0.4, 0.5) is 5.69 Å². The first-order valence-corrected chi connectivity index (χ1v) is 7.49. The molecule has 24 heavy (non-hydrogen) atoms. The van der Waals surface area contributed by atoms with E-state index in [9.17, 15) is 9.59 Å². The van der Waals surface area contributed by atoms with Gasteiger partial charge in [-0.3, -0.25) is 10.1 Å². The van der Waals surface area contributed by atoms with Gasteiger partial charge >= 0.3 is 5.97 Å². The third kappa shape index (κ3) is 4.21. The summed E-state index contributed by atoms with van der Waals surface area (Å²) in [5, 5.41) is 14.5. The number of halogens is 1. The number of rotatable bonds is 4. The first-order valence-electron chi connectivity index (χ1n) is 6.70. The molecule has 8 heteroatoms. The number of benzene rings is 2. The molecule has 0 unspecified atom stereocenters. The van der Waals surface area contributed by atoms with Crippen molar-refractivity contribution in [1.29, 1.82) is 0 Å². The highest BCUT2D eigenvalue weighted by atomic mass is 35.5. The molecule has 1 amide bonds. The lowest BCUT2D eigenvalue weighted by atomic mass is 10.2. The SMILES string of the molecule is COc1ccc(C(=O)NC(=S)Nc2ccccc2C(=O)O)cc1Cl. The lowest BCUT2D eigenvalue weighted by Gasteiger charge is -2.12. The maximum atomic E-state index is 12.2. The van der Waals surface area contributed by atoms with Crippen molar-refractivity contribution in [3.05, 3.63) is 58.6 Å². The van der Waals surface area contributed by atoms with Crippen molar-refractivity contribution >= 4 is 46.5 Å². The summed E-state index contributed by atoms with van der Waals surface area (Å²) in [6, 6.07) is 10.8. The summed E-state index contributed by atoms with van der Waals surface area (Å²) in [4.78, 5) is 23.3. The number of carbonyl (C=O) groups is 2. The predicted octanol–water partition coefficient (Wildman–Crippen LogP) is 3.17. The number of thiocarbonyl (C=S) groups is 1. The molecule has 0 radical (unpaired) electrons. The lowest BCUT2D eigenvalue weighted by molar-refractivity contribution is 0.0698. The molecule has 124 valence electrons. The van der Waals surface area contributed by atoms with E-state index in [1.165, 1.54) is 25.3 Å². The first-order chi connectivity index (χ1) is 11.4. The standard InChI is InChI=1S/C16H13ClN2O4S/c1-23-13-7-6-9(8-11(13)17)14(20)19-16(24)18-12-5-3-2-4-10(12)15(21)22/h2-8H,1H3,(H,21,22)(H2,18,19,20,24). The maximum absolute atomic E-state index is 12.2. The summed E-state index contributed by atoms with van der Waals surface area (Å²) in [7, 11) is 1.47. The number of carboxylic acid groups (broad SMARTS) is 1. The Kier molecular flexibility index (Phi) is 5.73. The van der Waals surface area contributed by atoms with E-state index in [4.69, 9.17) is 33.7 Å². The molecule has 6 nitrogen and oxygen atoms in total. The van der Waals surface area contributed by atoms with Crippen LogP contribution >= 0.6 is 23.8 Å². The van der Waals surface area contributed by atoms with E-state index >= 15 is 0 Å². The number of anilines is 1. The van der Waals surface area contributed by atoms with Gasteiger partial charge in [-0.05, 0) is 42.5 Å². The molecule has 0 aliphatic heterocycles. The molecule has 2 aromatic carbocycles. The molecule has 0 heterocycles. The molecule has 3 N–H and O–H groups in total. The topological polar surface area (TPSA) is 87.7 Å². The summed E-state index contributed by atoms with van der Waals surface area (Å²) in [5.41, 5.74) is 0.612. The molecule has 0 fully saturated rings. The zero-order valence-electron chi connectivity index (χ0n) is 12.5. The molecule has 0 aromatic heterocycles. The van der Waals surface area contributed by atoms with E-state index in [2.05, 4.69) is 10.6 Å². The fourth-order valence-corrected chi connectivity index (χ4v) is 2.38. The van der Waals surface area contributed by atoms with Gasteiger partial charge in [0.25, 0.3) is 5.91 Å². The van der Waals surface area contributed by atoms with Gasteiger partial charge in [0.05, 0.1) is 23.4 Å². The molecule has 0 aliphatic carbocycles. The van der Waals surface area contributed by atoms with Crippen LogP contribution in [-0.2, 0) is 0 Å².